The third-order valence-corrected chi connectivity index (χ3v) is 4.05. The maximum absolute atomic E-state index is 12.4. The van der Waals surface area contributed by atoms with Gasteiger partial charge < -0.3 is 15.2 Å². The van der Waals surface area contributed by atoms with Gasteiger partial charge in [0.05, 0.1) is 0 Å². The molecule has 2 heterocycles. The lowest BCUT2D eigenvalue weighted by atomic mass is 10.1. The van der Waals surface area contributed by atoms with Gasteiger partial charge in [-0.05, 0) is 26.3 Å². The Hall–Kier alpha value is -1.40. The highest BCUT2D eigenvalue weighted by Gasteiger charge is 2.21. The minimum absolute atomic E-state index is 0.0104. The molecule has 6 nitrogen and oxygen atoms in total. The lowest BCUT2D eigenvalue weighted by molar-refractivity contribution is 0.226. The molecule has 0 aliphatic carbocycles. The molecular weight excluding hydrogens is 266 g/mol. The number of anilines is 1. The predicted octanol–water partition coefficient (Wildman–Crippen LogP) is 0.541. The number of piperazine rings is 1. The van der Waals surface area contributed by atoms with E-state index >= 15 is 0 Å². The van der Waals surface area contributed by atoms with Crippen molar-refractivity contribution >= 4 is 5.82 Å². The first-order chi connectivity index (χ1) is 10.0. The Kier molecular flexibility index (Phi) is 5.36. The SMILES string of the molecule is CC(CN)CN1CCN(c2nccn(C(C)C)c2=O)CC1. The predicted molar refractivity (Wildman–Crippen MR) is 85.8 cm³/mol. The van der Waals surface area contributed by atoms with Crippen molar-refractivity contribution in [1.82, 2.24) is 14.5 Å². The Bertz CT molecular complexity index is 505. The smallest absolute Gasteiger partial charge is 0.293 e. The second-order valence-corrected chi connectivity index (χ2v) is 6.19. The zero-order valence-corrected chi connectivity index (χ0v) is 13.3. The molecule has 0 saturated carbocycles. The number of hydrogen-bond donors (Lipinski definition) is 1. The largest absolute Gasteiger partial charge is 0.349 e. The first kappa shape index (κ1) is 16.0. The van der Waals surface area contributed by atoms with Crippen molar-refractivity contribution < 1.29 is 0 Å². The van der Waals surface area contributed by atoms with Crippen LogP contribution >= 0.6 is 0 Å². The summed E-state index contributed by atoms with van der Waals surface area (Å²) in [6, 6.07) is 0.158. The van der Waals surface area contributed by atoms with Crippen LogP contribution in [0.15, 0.2) is 17.2 Å². The first-order valence-corrected chi connectivity index (χ1v) is 7.77. The second kappa shape index (κ2) is 7.04. The summed E-state index contributed by atoms with van der Waals surface area (Å²) >= 11 is 0. The van der Waals surface area contributed by atoms with Crippen molar-refractivity contribution in [3.63, 3.8) is 0 Å². The normalized spacial score (nSPS) is 18.2. The fraction of sp³-hybridized carbons (Fsp3) is 0.733. The van der Waals surface area contributed by atoms with Gasteiger partial charge in [-0.3, -0.25) is 9.69 Å². The first-order valence-electron chi connectivity index (χ1n) is 7.77. The quantitative estimate of drug-likeness (QED) is 0.858. The molecule has 0 radical (unpaired) electrons. The van der Waals surface area contributed by atoms with Crippen LogP contribution < -0.4 is 16.2 Å². The zero-order valence-electron chi connectivity index (χ0n) is 13.3. The minimum Gasteiger partial charge on any atom is -0.349 e. The molecule has 0 amide bonds. The second-order valence-electron chi connectivity index (χ2n) is 6.19. The van der Waals surface area contributed by atoms with E-state index in [1.165, 1.54) is 0 Å². The maximum Gasteiger partial charge on any atom is 0.293 e. The third-order valence-electron chi connectivity index (χ3n) is 4.05. The molecule has 1 saturated heterocycles. The fourth-order valence-corrected chi connectivity index (χ4v) is 2.70. The van der Waals surface area contributed by atoms with E-state index < -0.39 is 0 Å². The monoisotopic (exact) mass is 293 g/mol. The van der Waals surface area contributed by atoms with E-state index in [-0.39, 0.29) is 11.6 Å². The Morgan fingerprint density at radius 1 is 1.24 bits per heavy atom. The highest BCUT2D eigenvalue weighted by atomic mass is 16.1. The number of rotatable bonds is 5. The zero-order chi connectivity index (χ0) is 15.4. The van der Waals surface area contributed by atoms with Gasteiger partial charge in [0.25, 0.3) is 5.56 Å². The Labute approximate surface area is 126 Å². The summed E-state index contributed by atoms with van der Waals surface area (Å²) in [5.74, 6) is 1.10. The molecule has 1 aliphatic rings. The van der Waals surface area contributed by atoms with Crippen molar-refractivity contribution in [3.05, 3.63) is 22.7 Å². The summed E-state index contributed by atoms with van der Waals surface area (Å²) in [6.07, 6.45) is 3.48. The molecule has 1 aromatic rings. The van der Waals surface area contributed by atoms with Crippen LogP contribution in [0.3, 0.4) is 0 Å². The summed E-state index contributed by atoms with van der Waals surface area (Å²) < 4.78 is 1.74. The number of nitrogens with two attached hydrogens (primary N) is 1. The van der Waals surface area contributed by atoms with Crippen LogP contribution in [0.2, 0.25) is 0 Å². The molecule has 0 bridgehead atoms. The van der Waals surface area contributed by atoms with Crippen LogP contribution in [-0.2, 0) is 0 Å². The van der Waals surface area contributed by atoms with Crippen LogP contribution in [-0.4, -0.2) is 53.7 Å². The lowest BCUT2D eigenvalue weighted by Crippen LogP contribution is -2.50. The van der Waals surface area contributed by atoms with E-state index in [9.17, 15) is 4.79 Å². The average molecular weight is 293 g/mol. The highest BCUT2D eigenvalue weighted by molar-refractivity contribution is 5.36. The van der Waals surface area contributed by atoms with E-state index in [0.29, 0.717) is 11.7 Å². The summed E-state index contributed by atoms with van der Waals surface area (Å²) in [5, 5.41) is 0. The lowest BCUT2D eigenvalue weighted by Gasteiger charge is -2.36. The molecular formula is C15H27N5O. The van der Waals surface area contributed by atoms with Crippen LogP contribution in [0.5, 0.6) is 0 Å². The summed E-state index contributed by atoms with van der Waals surface area (Å²) in [4.78, 5) is 21.3. The van der Waals surface area contributed by atoms with E-state index in [0.717, 1.165) is 39.3 Å². The molecule has 6 heteroatoms. The van der Waals surface area contributed by atoms with Gasteiger partial charge in [0.1, 0.15) is 0 Å². The summed E-state index contributed by atoms with van der Waals surface area (Å²) in [7, 11) is 0. The van der Waals surface area contributed by atoms with Gasteiger partial charge in [-0.25, -0.2) is 4.98 Å². The van der Waals surface area contributed by atoms with Crippen LogP contribution in [0, 0.1) is 5.92 Å². The molecule has 1 aromatic heterocycles. The van der Waals surface area contributed by atoms with Gasteiger partial charge in [0.2, 0.25) is 0 Å². The molecule has 0 aromatic carbocycles. The molecule has 1 fully saturated rings. The van der Waals surface area contributed by atoms with Crippen molar-refractivity contribution in [2.75, 3.05) is 44.2 Å². The van der Waals surface area contributed by atoms with Gasteiger partial charge in [0.15, 0.2) is 5.82 Å². The number of nitrogens with zero attached hydrogens (tertiary/aromatic N) is 4. The van der Waals surface area contributed by atoms with Gasteiger partial charge in [-0.1, -0.05) is 6.92 Å². The van der Waals surface area contributed by atoms with Crippen molar-refractivity contribution in [2.45, 2.75) is 26.8 Å². The standard InChI is InChI=1S/C15H27N5O/c1-12(2)20-5-4-17-14(15(20)21)19-8-6-18(7-9-19)11-13(3)10-16/h4-5,12-13H,6-11,16H2,1-3H3. The molecule has 2 N–H and O–H groups in total. The van der Waals surface area contributed by atoms with Gasteiger partial charge in [-0.15, -0.1) is 0 Å². The molecule has 1 atom stereocenters. The Morgan fingerprint density at radius 2 is 1.90 bits per heavy atom. The van der Waals surface area contributed by atoms with E-state index in [1.54, 1.807) is 17.0 Å². The molecule has 0 spiro atoms. The van der Waals surface area contributed by atoms with Gasteiger partial charge in [-0.2, -0.15) is 0 Å². The van der Waals surface area contributed by atoms with Crippen LogP contribution in [0.25, 0.3) is 0 Å². The summed E-state index contributed by atoms with van der Waals surface area (Å²) in [6.45, 7) is 11.6. The third kappa shape index (κ3) is 3.83. The molecule has 2 rings (SSSR count). The van der Waals surface area contributed by atoms with Gasteiger partial charge in [0, 0.05) is 51.2 Å². The van der Waals surface area contributed by atoms with E-state index in [2.05, 4.69) is 21.7 Å². The Morgan fingerprint density at radius 3 is 2.48 bits per heavy atom. The van der Waals surface area contributed by atoms with Crippen LogP contribution in [0.4, 0.5) is 5.82 Å². The van der Waals surface area contributed by atoms with E-state index in [1.807, 2.05) is 13.8 Å². The molecule has 118 valence electrons. The minimum atomic E-state index is 0.0104. The molecule has 1 aliphatic heterocycles. The van der Waals surface area contributed by atoms with Crippen molar-refractivity contribution in [3.8, 4) is 0 Å². The highest BCUT2D eigenvalue weighted by Crippen LogP contribution is 2.11. The van der Waals surface area contributed by atoms with Crippen molar-refractivity contribution in [2.24, 2.45) is 11.7 Å². The number of aromatic nitrogens is 2. The maximum atomic E-state index is 12.4. The molecule has 21 heavy (non-hydrogen) atoms. The average Bonchev–Trinajstić information content (AvgIpc) is 2.48. The van der Waals surface area contributed by atoms with E-state index in [4.69, 9.17) is 5.73 Å². The van der Waals surface area contributed by atoms with Crippen molar-refractivity contribution in [1.29, 1.82) is 0 Å². The topological polar surface area (TPSA) is 67.4 Å². The van der Waals surface area contributed by atoms with Gasteiger partial charge >= 0.3 is 0 Å². The van der Waals surface area contributed by atoms with Crippen LogP contribution in [0.1, 0.15) is 26.8 Å². The summed E-state index contributed by atoms with van der Waals surface area (Å²) in [5.41, 5.74) is 5.69. The fourth-order valence-electron chi connectivity index (χ4n) is 2.70. The number of hydrogen-bond acceptors (Lipinski definition) is 5. The Balaban J connectivity index is 2.03. The molecule has 1 unspecified atom stereocenters.